The molecular formula is C25H29N5OS. The Kier molecular flexibility index (Phi) is 7.37. The molecule has 3 heterocycles. The van der Waals surface area contributed by atoms with Crippen LogP contribution in [0.3, 0.4) is 0 Å². The Balaban J connectivity index is 1.37. The fourth-order valence-corrected chi connectivity index (χ4v) is 4.39. The van der Waals surface area contributed by atoms with Crippen LogP contribution < -0.4 is 10.2 Å². The van der Waals surface area contributed by atoms with Crippen molar-refractivity contribution in [3.8, 4) is 0 Å². The third kappa shape index (κ3) is 5.85. The highest BCUT2D eigenvalue weighted by Gasteiger charge is 2.17. The summed E-state index contributed by atoms with van der Waals surface area (Å²) >= 11 is 1.64. The molecule has 1 aliphatic rings. The van der Waals surface area contributed by atoms with Gasteiger partial charge in [-0.25, -0.2) is 9.97 Å². The van der Waals surface area contributed by atoms with Gasteiger partial charge >= 0.3 is 0 Å². The summed E-state index contributed by atoms with van der Waals surface area (Å²) in [5.41, 5.74) is 3.71. The normalized spacial score (nSPS) is 13.5. The lowest BCUT2D eigenvalue weighted by molar-refractivity contribution is 0.0950. The second-order valence-electron chi connectivity index (χ2n) is 8.27. The van der Waals surface area contributed by atoms with Gasteiger partial charge in [0.25, 0.3) is 5.91 Å². The molecule has 0 aliphatic carbocycles. The number of benzene rings is 1. The molecule has 1 N–H and O–H groups in total. The van der Waals surface area contributed by atoms with Crippen molar-refractivity contribution in [2.24, 2.45) is 0 Å². The lowest BCUT2D eigenvalue weighted by Gasteiger charge is -2.18. The SMILES string of the molecule is CC(C)c1cc(N2CCCC2)nc(SCc2ccc(C(=O)NCc3ccccn3)cc2)n1. The van der Waals surface area contributed by atoms with E-state index in [0.717, 1.165) is 46.8 Å². The minimum Gasteiger partial charge on any atom is -0.356 e. The number of carbonyl (C=O) groups is 1. The monoisotopic (exact) mass is 447 g/mol. The van der Waals surface area contributed by atoms with Crippen molar-refractivity contribution in [1.82, 2.24) is 20.3 Å². The lowest BCUT2D eigenvalue weighted by Crippen LogP contribution is -2.23. The molecule has 32 heavy (non-hydrogen) atoms. The molecule has 1 amide bonds. The van der Waals surface area contributed by atoms with Crippen molar-refractivity contribution in [1.29, 1.82) is 0 Å². The average Bonchev–Trinajstić information content (AvgIpc) is 3.37. The molecule has 0 saturated carbocycles. The fourth-order valence-electron chi connectivity index (χ4n) is 3.57. The van der Waals surface area contributed by atoms with Crippen LogP contribution in [0, 0.1) is 0 Å². The van der Waals surface area contributed by atoms with Gasteiger partial charge in [-0.2, -0.15) is 0 Å². The zero-order valence-corrected chi connectivity index (χ0v) is 19.4. The number of aromatic nitrogens is 3. The number of nitrogens with one attached hydrogen (secondary N) is 1. The zero-order chi connectivity index (χ0) is 22.3. The summed E-state index contributed by atoms with van der Waals surface area (Å²) in [6, 6.07) is 15.5. The summed E-state index contributed by atoms with van der Waals surface area (Å²) in [6.07, 6.45) is 4.18. The molecule has 2 aromatic heterocycles. The van der Waals surface area contributed by atoms with Crippen LogP contribution in [-0.4, -0.2) is 33.9 Å². The first-order chi connectivity index (χ1) is 15.6. The Morgan fingerprint density at radius 3 is 2.56 bits per heavy atom. The van der Waals surface area contributed by atoms with Gasteiger partial charge in [-0.05, 0) is 48.6 Å². The minimum atomic E-state index is -0.0990. The summed E-state index contributed by atoms with van der Waals surface area (Å²) in [5, 5.41) is 3.73. The first-order valence-electron chi connectivity index (χ1n) is 11.1. The van der Waals surface area contributed by atoms with Crippen LogP contribution >= 0.6 is 11.8 Å². The van der Waals surface area contributed by atoms with Gasteiger partial charge in [0.05, 0.1) is 12.2 Å². The Hall–Kier alpha value is -2.93. The third-order valence-electron chi connectivity index (χ3n) is 5.47. The Morgan fingerprint density at radius 1 is 1.09 bits per heavy atom. The number of carbonyl (C=O) groups excluding carboxylic acids is 1. The Bertz CT molecular complexity index is 1030. The molecule has 166 valence electrons. The summed E-state index contributed by atoms with van der Waals surface area (Å²) in [4.78, 5) is 28.6. The van der Waals surface area contributed by atoms with Crippen LogP contribution in [0.25, 0.3) is 0 Å². The highest BCUT2D eigenvalue weighted by atomic mass is 32.2. The highest BCUT2D eigenvalue weighted by molar-refractivity contribution is 7.98. The van der Waals surface area contributed by atoms with Crippen molar-refractivity contribution in [2.75, 3.05) is 18.0 Å². The van der Waals surface area contributed by atoms with Crippen LogP contribution in [0.1, 0.15) is 59.9 Å². The number of nitrogens with zero attached hydrogens (tertiary/aromatic N) is 4. The molecule has 1 aromatic carbocycles. The van der Waals surface area contributed by atoms with Crippen LogP contribution in [-0.2, 0) is 12.3 Å². The molecule has 1 aliphatic heterocycles. The summed E-state index contributed by atoms with van der Waals surface area (Å²) in [5.74, 6) is 2.07. The number of hydrogen-bond acceptors (Lipinski definition) is 6. The van der Waals surface area contributed by atoms with E-state index >= 15 is 0 Å². The Morgan fingerprint density at radius 2 is 1.88 bits per heavy atom. The zero-order valence-electron chi connectivity index (χ0n) is 18.6. The Labute approximate surface area is 193 Å². The van der Waals surface area contributed by atoms with Gasteiger partial charge in [-0.15, -0.1) is 0 Å². The smallest absolute Gasteiger partial charge is 0.251 e. The number of thioether (sulfide) groups is 1. The predicted molar refractivity (Wildman–Crippen MR) is 129 cm³/mol. The van der Waals surface area contributed by atoms with Crippen LogP contribution in [0.5, 0.6) is 0 Å². The number of anilines is 1. The van der Waals surface area contributed by atoms with E-state index in [1.165, 1.54) is 12.8 Å². The summed E-state index contributed by atoms with van der Waals surface area (Å²) < 4.78 is 0. The predicted octanol–water partition coefficient (Wildman–Crippen LogP) is 4.82. The first kappa shape index (κ1) is 22.3. The summed E-state index contributed by atoms with van der Waals surface area (Å²) in [6.45, 7) is 6.90. The van der Waals surface area contributed by atoms with E-state index in [4.69, 9.17) is 9.97 Å². The topological polar surface area (TPSA) is 71.0 Å². The van der Waals surface area contributed by atoms with Crippen molar-refractivity contribution >= 4 is 23.5 Å². The molecule has 7 heteroatoms. The van der Waals surface area contributed by atoms with Gasteiger partial charge in [0, 0.05) is 42.4 Å². The van der Waals surface area contributed by atoms with Crippen LogP contribution in [0.2, 0.25) is 0 Å². The summed E-state index contributed by atoms with van der Waals surface area (Å²) in [7, 11) is 0. The maximum Gasteiger partial charge on any atom is 0.251 e. The van der Waals surface area contributed by atoms with Crippen LogP contribution in [0.15, 0.2) is 59.9 Å². The number of amides is 1. The molecule has 0 unspecified atom stereocenters. The molecule has 6 nitrogen and oxygen atoms in total. The van der Waals surface area contributed by atoms with Gasteiger partial charge < -0.3 is 10.2 Å². The van der Waals surface area contributed by atoms with E-state index in [1.54, 1.807) is 18.0 Å². The van der Waals surface area contributed by atoms with Crippen molar-refractivity contribution in [3.63, 3.8) is 0 Å². The molecular weight excluding hydrogens is 418 g/mol. The average molecular weight is 448 g/mol. The second kappa shape index (κ2) is 10.6. The highest BCUT2D eigenvalue weighted by Crippen LogP contribution is 2.27. The van der Waals surface area contributed by atoms with E-state index in [1.807, 2.05) is 42.5 Å². The van der Waals surface area contributed by atoms with Crippen molar-refractivity contribution in [3.05, 3.63) is 77.2 Å². The minimum absolute atomic E-state index is 0.0990. The molecule has 0 spiro atoms. The quantitative estimate of drug-likeness (QED) is 0.394. The number of rotatable bonds is 8. The fraction of sp³-hybridized carbons (Fsp3) is 0.360. The first-order valence-corrected chi connectivity index (χ1v) is 12.1. The van der Waals surface area contributed by atoms with E-state index < -0.39 is 0 Å². The van der Waals surface area contributed by atoms with E-state index in [-0.39, 0.29) is 5.91 Å². The van der Waals surface area contributed by atoms with E-state index in [9.17, 15) is 4.79 Å². The van der Waals surface area contributed by atoms with Gasteiger partial charge in [0.1, 0.15) is 5.82 Å². The van der Waals surface area contributed by atoms with E-state index in [0.29, 0.717) is 18.0 Å². The van der Waals surface area contributed by atoms with Crippen molar-refractivity contribution in [2.45, 2.75) is 50.1 Å². The van der Waals surface area contributed by atoms with Crippen LogP contribution in [0.4, 0.5) is 5.82 Å². The largest absolute Gasteiger partial charge is 0.356 e. The molecule has 0 atom stereocenters. The van der Waals surface area contributed by atoms with Gasteiger partial charge in [-0.3, -0.25) is 9.78 Å². The third-order valence-corrected chi connectivity index (χ3v) is 6.39. The number of pyridine rings is 1. The molecule has 3 aromatic rings. The van der Waals surface area contributed by atoms with Gasteiger partial charge in [0.2, 0.25) is 0 Å². The molecule has 0 radical (unpaired) electrons. The number of hydrogen-bond donors (Lipinski definition) is 1. The molecule has 1 saturated heterocycles. The van der Waals surface area contributed by atoms with Crippen molar-refractivity contribution < 1.29 is 4.79 Å². The van der Waals surface area contributed by atoms with Gasteiger partial charge in [0.15, 0.2) is 5.16 Å². The molecule has 4 rings (SSSR count). The lowest BCUT2D eigenvalue weighted by atomic mass is 10.1. The standard InChI is InChI=1S/C25H29N5OS/c1-18(2)22-15-23(30-13-5-6-14-30)29-25(28-22)32-17-19-8-10-20(11-9-19)24(31)27-16-21-7-3-4-12-26-21/h3-4,7-12,15,18H,5-6,13-14,16-17H2,1-2H3,(H,27,31). The second-order valence-corrected chi connectivity index (χ2v) is 9.21. The maximum atomic E-state index is 12.4. The molecule has 1 fully saturated rings. The van der Waals surface area contributed by atoms with Gasteiger partial charge in [-0.1, -0.05) is 43.8 Å². The molecule has 0 bridgehead atoms. The maximum absolute atomic E-state index is 12.4. The van der Waals surface area contributed by atoms with E-state index in [2.05, 4.69) is 35.1 Å².